The maximum Gasteiger partial charge on any atom is 0.258 e. The van der Waals surface area contributed by atoms with E-state index in [1.54, 1.807) is 42.6 Å². The Balaban J connectivity index is 1.62. The second-order valence-corrected chi connectivity index (χ2v) is 8.59. The summed E-state index contributed by atoms with van der Waals surface area (Å²) < 4.78 is 7.89. The van der Waals surface area contributed by atoms with E-state index >= 15 is 0 Å². The zero-order valence-corrected chi connectivity index (χ0v) is 18.8. The molecule has 1 aliphatic rings. The van der Waals surface area contributed by atoms with Gasteiger partial charge in [0.2, 0.25) is 0 Å². The van der Waals surface area contributed by atoms with Gasteiger partial charge in [-0.1, -0.05) is 42.5 Å². The van der Waals surface area contributed by atoms with Gasteiger partial charge in [0, 0.05) is 40.0 Å². The SMILES string of the molecule is N#CC(C#N)=C1/C(=C/c2cc3oc(-c4nccs4)nc3n2-c2ccccc2)C(=O)c2ccccc21. The molecule has 0 N–H and O–H groups in total. The van der Waals surface area contributed by atoms with Crippen molar-refractivity contribution >= 4 is 40.0 Å². The smallest absolute Gasteiger partial charge is 0.258 e. The van der Waals surface area contributed by atoms with Crippen LogP contribution in [0.25, 0.3) is 39.5 Å². The second-order valence-electron chi connectivity index (χ2n) is 7.69. The minimum absolute atomic E-state index is 0.111. The Labute approximate surface area is 203 Å². The highest BCUT2D eigenvalue weighted by atomic mass is 32.1. The Hall–Kier alpha value is -5.05. The number of allylic oxidation sites excluding steroid dienone is 3. The molecule has 3 heterocycles. The highest BCUT2D eigenvalue weighted by Gasteiger charge is 2.33. The van der Waals surface area contributed by atoms with Crippen LogP contribution < -0.4 is 0 Å². The first-order valence-corrected chi connectivity index (χ1v) is 11.5. The number of para-hydroxylation sites is 1. The van der Waals surface area contributed by atoms with Gasteiger partial charge < -0.3 is 4.42 Å². The van der Waals surface area contributed by atoms with Crippen molar-refractivity contribution in [2.45, 2.75) is 0 Å². The Kier molecular flexibility index (Phi) is 4.74. The molecule has 164 valence electrons. The van der Waals surface area contributed by atoms with Gasteiger partial charge in [-0.15, -0.1) is 11.3 Å². The van der Waals surface area contributed by atoms with Crippen LogP contribution in [-0.2, 0) is 0 Å². The van der Waals surface area contributed by atoms with Crippen molar-refractivity contribution in [3.63, 3.8) is 0 Å². The highest BCUT2D eigenvalue weighted by molar-refractivity contribution is 7.12. The van der Waals surface area contributed by atoms with Gasteiger partial charge in [-0.25, -0.2) is 4.98 Å². The van der Waals surface area contributed by atoms with E-state index in [1.165, 1.54) is 11.3 Å². The number of Topliss-reactive ketones (excluding diaryl/α,β-unsaturated/α-hetero) is 1. The number of nitriles is 2. The quantitative estimate of drug-likeness (QED) is 0.242. The van der Waals surface area contributed by atoms with Crippen molar-refractivity contribution in [3.05, 3.63) is 100 Å². The summed E-state index contributed by atoms with van der Waals surface area (Å²) in [7, 11) is 0. The van der Waals surface area contributed by atoms with E-state index in [4.69, 9.17) is 4.42 Å². The average Bonchev–Trinajstić information content (AvgIpc) is 3.66. The zero-order valence-electron chi connectivity index (χ0n) is 18.0. The number of carbonyl (C=O) groups is 1. The molecule has 6 rings (SSSR count). The summed E-state index contributed by atoms with van der Waals surface area (Å²) in [5.74, 6) is 0.169. The predicted octanol–water partition coefficient (Wildman–Crippen LogP) is 5.82. The lowest BCUT2D eigenvalue weighted by atomic mass is 9.99. The van der Waals surface area contributed by atoms with Crippen LogP contribution in [0.5, 0.6) is 0 Å². The standard InChI is InChI=1S/C27H13N5O2S/c28-14-16(15-29)23-19-8-4-5-9-20(19)24(33)21(23)12-18-13-22-25(32(18)17-6-2-1-3-7-17)31-26(34-22)27-30-10-11-35-27/h1-13H/b21-12-. The summed E-state index contributed by atoms with van der Waals surface area (Å²) >= 11 is 1.43. The fraction of sp³-hybridized carbons (Fsp3) is 0. The maximum atomic E-state index is 13.4. The molecule has 2 aromatic carbocycles. The van der Waals surface area contributed by atoms with Crippen molar-refractivity contribution in [2.24, 2.45) is 0 Å². The van der Waals surface area contributed by atoms with Gasteiger partial charge in [0.1, 0.15) is 17.7 Å². The van der Waals surface area contributed by atoms with E-state index in [1.807, 2.05) is 52.4 Å². The van der Waals surface area contributed by atoms with Gasteiger partial charge in [0.15, 0.2) is 22.0 Å². The molecule has 0 spiro atoms. The third-order valence-corrected chi connectivity index (χ3v) is 6.50. The van der Waals surface area contributed by atoms with Crippen molar-refractivity contribution in [2.75, 3.05) is 0 Å². The summed E-state index contributed by atoms with van der Waals surface area (Å²) in [5.41, 5.74) is 4.10. The molecule has 0 saturated carbocycles. The van der Waals surface area contributed by atoms with Crippen LogP contribution >= 0.6 is 11.3 Å². The van der Waals surface area contributed by atoms with Crippen LogP contribution in [0.1, 0.15) is 21.6 Å². The van der Waals surface area contributed by atoms with E-state index in [0.717, 1.165) is 5.69 Å². The molecule has 5 aromatic rings. The molecule has 0 atom stereocenters. The number of aromatic nitrogens is 3. The molecule has 0 bridgehead atoms. The van der Waals surface area contributed by atoms with Crippen molar-refractivity contribution in [1.82, 2.24) is 14.5 Å². The number of ketones is 1. The second kappa shape index (κ2) is 8.07. The molecule has 0 fully saturated rings. The zero-order chi connectivity index (χ0) is 23.9. The van der Waals surface area contributed by atoms with E-state index in [0.29, 0.717) is 44.5 Å². The number of hydrogen-bond donors (Lipinski definition) is 0. The highest BCUT2D eigenvalue weighted by Crippen LogP contribution is 2.40. The molecular formula is C27H13N5O2S. The lowest BCUT2D eigenvalue weighted by molar-refractivity contribution is 0.104. The maximum absolute atomic E-state index is 13.4. The van der Waals surface area contributed by atoms with Gasteiger partial charge in [0.05, 0.1) is 5.69 Å². The molecule has 0 radical (unpaired) electrons. The summed E-state index contributed by atoms with van der Waals surface area (Å²) in [6.45, 7) is 0. The number of thiazole rings is 1. The molecule has 0 unspecified atom stereocenters. The van der Waals surface area contributed by atoms with Gasteiger partial charge in [0.25, 0.3) is 5.89 Å². The summed E-state index contributed by atoms with van der Waals surface area (Å²) in [5, 5.41) is 21.7. The van der Waals surface area contributed by atoms with Gasteiger partial charge in [-0.2, -0.15) is 15.5 Å². The molecule has 7 nitrogen and oxygen atoms in total. The Morgan fingerprint density at radius 2 is 1.77 bits per heavy atom. The monoisotopic (exact) mass is 471 g/mol. The molecule has 0 aliphatic heterocycles. The Bertz CT molecular complexity index is 1760. The number of rotatable bonds is 3. The fourth-order valence-corrected chi connectivity index (χ4v) is 4.83. The lowest BCUT2D eigenvalue weighted by Gasteiger charge is -2.08. The number of carbonyl (C=O) groups excluding carboxylic acids is 1. The van der Waals surface area contributed by atoms with E-state index < -0.39 is 0 Å². The first-order chi connectivity index (χ1) is 17.2. The summed E-state index contributed by atoms with van der Waals surface area (Å²) in [6, 6.07) is 22.3. The first kappa shape index (κ1) is 20.5. The van der Waals surface area contributed by atoms with E-state index in [2.05, 4.69) is 9.97 Å². The normalized spacial score (nSPS) is 13.7. The fourth-order valence-electron chi connectivity index (χ4n) is 4.27. The third-order valence-electron chi connectivity index (χ3n) is 5.73. The molecule has 0 saturated heterocycles. The minimum Gasteiger partial charge on any atom is -0.432 e. The van der Waals surface area contributed by atoms with E-state index in [9.17, 15) is 15.3 Å². The average molecular weight is 472 g/mol. The van der Waals surface area contributed by atoms with Gasteiger partial charge >= 0.3 is 0 Å². The number of fused-ring (bicyclic) bond motifs is 2. The largest absolute Gasteiger partial charge is 0.432 e. The van der Waals surface area contributed by atoms with Crippen LogP contribution in [0.3, 0.4) is 0 Å². The molecular weight excluding hydrogens is 458 g/mol. The van der Waals surface area contributed by atoms with Crippen LogP contribution in [0, 0.1) is 22.7 Å². The van der Waals surface area contributed by atoms with Gasteiger partial charge in [-0.3, -0.25) is 9.36 Å². The molecule has 1 aliphatic carbocycles. The minimum atomic E-state index is -0.243. The number of oxazole rings is 1. The summed E-state index contributed by atoms with van der Waals surface area (Å²) in [4.78, 5) is 22.3. The topological polar surface area (TPSA) is 108 Å². The van der Waals surface area contributed by atoms with Crippen LogP contribution in [0.2, 0.25) is 0 Å². The molecule has 3 aromatic heterocycles. The lowest BCUT2D eigenvalue weighted by Crippen LogP contribution is -2.00. The Morgan fingerprint density at radius 3 is 2.49 bits per heavy atom. The predicted molar refractivity (Wildman–Crippen MR) is 131 cm³/mol. The number of benzene rings is 2. The molecule has 35 heavy (non-hydrogen) atoms. The van der Waals surface area contributed by atoms with Crippen LogP contribution in [0.15, 0.2) is 87.8 Å². The van der Waals surface area contributed by atoms with E-state index in [-0.39, 0.29) is 16.9 Å². The van der Waals surface area contributed by atoms with Crippen LogP contribution in [0.4, 0.5) is 0 Å². The van der Waals surface area contributed by atoms with Crippen LogP contribution in [-0.4, -0.2) is 20.3 Å². The molecule has 8 heteroatoms. The first-order valence-electron chi connectivity index (χ1n) is 10.6. The molecule has 0 amide bonds. The third kappa shape index (κ3) is 3.21. The summed E-state index contributed by atoms with van der Waals surface area (Å²) in [6.07, 6.45) is 3.38. The number of hydrogen-bond acceptors (Lipinski definition) is 7. The Morgan fingerprint density at radius 1 is 1.03 bits per heavy atom. The van der Waals surface area contributed by atoms with Crippen molar-refractivity contribution < 1.29 is 9.21 Å². The van der Waals surface area contributed by atoms with Crippen molar-refractivity contribution in [1.29, 1.82) is 10.5 Å². The number of nitrogens with zero attached hydrogens (tertiary/aromatic N) is 5. The van der Waals surface area contributed by atoms with Crippen molar-refractivity contribution in [3.8, 4) is 28.7 Å². The van der Waals surface area contributed by atoms with Gasteiger partial charge in [-0.05, 0) is 23.8 Å².